The van der Waals surface area contributed by atoms with Crippen molar-refractivity contribution in [3.05, 3.63) is 59.7 Å². The van der Waals surface area contributed by atoms with Crippen LogP contribution in [0.4, 0.5) is 13.2 Å². The van der Waals surface area contributed by atoms with E-state index in [1.165, 1.54) is 30.3 Å². The second-order valence-electron chi connectivity index (χ2n) is 6.73. The first-order valence-electron chi connectivity index (χ1n) is 9.01. The smallest absolute Gasteiger partial charge is 0.417 e. The van der Waals surface area contributed by atoms with Crippen molar-refractivity contribution in [1.82, 2.24) is 4.31 Å². The molecule has 1 fully saturated rings. The Morgan fingerprint density at radius 2 is 1.67 bits per heavy atom. The molecule has 0 aromatic heterocycles. The van der Waals surface area contributed by atoms with E-state index in [-0.39, 0.29) is 31.7 Å². The Hall–Kier alpha value is -2.90. The molecule has 1 saturated heterocycles. The number of piperidine rings is 1. The van der Waals surface area contributed by atoms with Gasteiger partial charge in [-0.05, 0) is 49.2 Å². The lowest BCUT2D eigenvalue weighted by Crippen LogP contribution is -2.41. The van der Waals surface area contributed by atoms with Crippen LogP contribution < -0.4 is 4.74 Å². The highest BCUT2D eigenvalue weighted by atomic mass is 32.2. The van der Waals surface area contributed by atoms with Crippen molar-refractivity contribution < 1.29 is 31.1 Å². The second kappa shape index (κ2) is 8.45. The molecule has 0 atom stereocenters. The molecular formula is C20H17F3N2O4S. The van der Waals surface area contributed by atoms with E-state index in [0.717, 1.165) is 22.5 Å². The van der Waals surface area contributed by atoms with Crippen LogP contribution in [0.15, 0.2) is 53.4 Å². The van der Waals surface area contributed by atoms with Crippen LogP contribution in [0.2, 0.25) is 0 Å². The molecule has 0 unspecified atom stereocenters. The Morgan fingerprint density at radius 3 is 2.23 bits per heavy atom. The molecule has 10 heteroatoms. The molecule has 2 aromatic rings. The summed E-state index contributed by atoms with van der Waals surface area (Å²) in [6.45, 7) is -0.191. The number of esters is 1. The third-order valence-electron chi connectivity index (χ3n) is 4.80. The minimum atomic E-state index is -4.80. The lowest BCUT2D eigenvalue weighted by atomic mass is 9.98. The van der Waals surface area contributed by atoms with Crippen molar-refractivity contribution >= 4 is 16.0 Å². The van der Waals surface area contributed by atoms with E-state index in [2.05, 4.69) is 0 Å². The molecule has 0 spiro atoms. The van der Waals surface area contributed by atoms with Gasteiger partial charge in [-0.15, -0.1) is 0 Å². The van der Waals surface area contributed by atoms with E-state index in [9.17, 15) is 26.4 Å². The summed E-state index contributed by atoms with van der Waals surface area (Å²) in [6.07, 6.45) is -4.54. The SMILES string of the molecule is N#Cc1ccc(OC(=O)C2CCN(S(=O)(=O)c3ccccc3C(F)(F)F)CC2)cc1. The largest absolute Gasteiger partial charge is 0.426 e. The monoisotopic (exact) mass is 438 g/mol. The molecule has 1 heterocycles. The predicted octanol–water partition coefficient (Wildman–Crippen LogP) is 3.58. The third kappa shape index (κ3) is 4.63. The summed E-state index contributed by atoms with van der Waals surface area (Å²) in [5, 5.41) is 8.77. The van der Waals surface area contributed by atoms with Gasteiger partial charge in [0, 0.05) is 13.1 Å². The number of hydrogen-bond donors (Lipinski definition) is 0. The van der Waals surface area contributed by atoms with Gasteiger partial charge in [0.25, 0.3) is 0 Å². The maximum absolute atomic E-state index is 13.2. The number of halogens is 3. The van der Waals surface area contributed by atoms with E-state index in [1.807, 2.05) is 6.07 Å². The quantitative estimate of drug-likeness (QED) is 0.538. The fourth-order valence-electron chi connectivity index (χ4n) is 3.19. The number of alkyl halides is 3. The Balaban J connectivity index is 1.68. The number of nitriles is 1. The van der Waals surface area contributed by atoms with Gasteiger partial charge in [-0.1, -0.05) is 12.1 Å². The van der Waals surface area contributed by atoms with Gasteiger partial charge in [-0.25, -0.2) is 8.42 Å². The van der Waals surface area contributed by atoms with E-state index >= 15 is 0 Å². The zero-order valence-electron chi connectivity index (χ0n) is 15.6. The van der Waals surface area contributed by atoms with Crippen molar-refractivity contribution in [2.24, 2.45) is 5.92 Å². The predicted molar refractivity (Wildman–Crippen MR) is 99.7 cm³/mol. The molecule has 0 aliphatic carbocycles. The lowest BCUT2D eigenvalue weighted by Gasteiger charge is -2.30. The number of rotatable bonds is 4. The first-order valence-corrected chi connectivity index (χ1v) is 10.4. The number of carbonyl (C=O) groups excluding carboxylic acids is 1. The van der Waals surface area contributed by atoms with Crippen LogP contribution >= 0.6 is 0 Å². The highest BCUT2D eigenvalue weighted by Gasteiger charge is 2.40. The Labute approximate surface area is 171 Å². The van der Waals surface area contributed by atoms with Gasteiger partial charge in [0.1, 0.15) is 5.75 Å². The minimum absolute atomic E-state index is 0.0956. The lowest BCUT2D eigenvalue weighted by molar-refractivity contribution is -0.140. The number of nitrogens with zero attached hydrogens (tertiary/aromatic N) is 2. The van der Waals surface area contributed by atoms with E-state index in [4.69, 9.17) is 10.00 Å². The van der Waals surface area contributed by atoms with Gasteiger partial charge in [-0.2, -0.15) is 22.7 Å². The molecule has 0 amide bonds. The summed E-state index contributed by atoms with van der Waals surface area (Å²) in [4.78, 5) is 11.5. The van der Waals surface area contributed by atoms with Crippen LogP contribution in [-0.2, 0) is 21.0 Å². The average molecular weight is 438 g/mol. The zero-order valence-corrected chi connectivity index (χ0v) is 16.4. The van der Waals surface area contributed by atoms with Crippen molar-refractivity contribution in [2.45, 2.75) is 23.9 Å². The van der Waals surface area contributed by atoms with Gasteiger partial charge in [-0.3, -0.25) is 4.79 Å². The van der Waals surface area contributed by atoms with Crippen LogP contribution in [0.5, 0.6) is 5.75 Å². The van der Waals surface area contributed by atoms with Gasteiger partial charge >= 0.3 is 12.1 Å². The summed E-state index contributed by atoms with van der Waals surface area (Å²) < 4.78 is 71.4. The normalized spacial score (nSPS) is 16.1. The van der Waals surface area contributed by atoms with Crippen molar-refractivity contribution in [3.8, 4) is 11.8 Å². The standard InChI is InChI=1S/C20H17F3N2O4S/c21-20(22,23)17-3-1-2-4-18(17)30(27,28)25-11-9-15(10-12-25)19(26)29-16-7-5-14(13-24)6-8-16/h1-8,15H,9-12H2. The van der Waals surface area contributed by atoms with E-state index in [1.54, 1.807) is 0 Å². The molecule has 1 aliphatic rings. The number of benzene rings is 2. The average Bonchev–Trinajstić information content (AvgIpc) is 2.74. The van der Waals surface area contributed by atoms with Crippen LogP contribution in [0.1, 0.15) is 24.0 Å². The highest BCUT2D eigenvalue weighted by molar-refractivity contribution is 7.89. The molecule has 0 N–H and O–H groups in total. The van der Waals surface area contributed by atoms with Crippen LogP contribution in [0.3, 0.4) is 0 Å². The summed E-state index contributed by atoms with van der Waals surface area (Å²) in [6, 6.07) is 11.9. The molecule has 6 nitrogen and oxygen atoms in total. The van der Waals surface area contributed by atoms with Crippen molar-refractivity contribution in [2.75, 3.05) is 13.1 Å². The topological polar surface area (TPSA) is 87.5 Å². The second-order valence-corrected chi connectivity index (χ2v) is 8.64. The molecule has 0 radical (unpaired) electrons. The van der Waals surface area contributed by atoms with E-state index < -0.39 is 38.5 Å². The summed E-state index contributed by atoms with van der Waals surface area (Å²) in [7, 11) is -4.36. The molecule has 1 aliphatic heterocycles. The number of hydrogen-bond acceptors (Lipinski definition) is 5. The molecule has 30 heavy (non-hydrogen) atoms. The summed E-state index contributed by atoms with van der Waals surface area (Å²) >= 11 is 0. The number of sulfonamides is 1. The van der Waals surface area contributed by atoms with Gasteiger partial charge < -0.3 is 4.74 Å². The molecule has 158 valence electrons. The van der Waals surface area contributed by atoms with E-state index in [0.29, 0.717) is 5.56 Å². The Bertz CT molecular complexity index is 1070. The van der Waals surface area contributed by atoms with Crippen molar-refractivity contribution in [3.63, 3.8) is 0 Å². The fourth-order valence-corrected chi connectivity index (χ4v) is 4.88. The summed E-state index contributed by atoms with van der Waals surface area (Å²) in [5.74, 6) is -0.870. The van der Waals surface area contributed by atoms with Crippen molar-refractivity contribution in [1.29, 1.82) is 5.26 Å². The zero-order chi connectivity index (χ0) is 21.9. The number of carbonyl (C=O) groups is 1. The van der Waals surface area contributed by atoms with Crippen LogP contribution in [-0.4, -0.2) is 31.8 Å². The summed E-state index contributed by atoms with van der Waals surface area (Å²) in [5.41, 5.74) is -0.806. The van der Waals surface area contributed by atoms with Crippen LogP contribution in [0.25, 0.3) is 0 Å². The third-order valence-corrected chi connectivity index (χ3v) is 6.76. The molecule has 3 rings (SSSR count). The fraction of sp³-hybridized carbons (Fsp3) is 0.300. The van der Waals surface area contributed by atoms with Gasteiger partial charge in [0.15, 0.2) is 0 Å². The maximum Gasteiger partial charge on any atom is 0.417 e. The Kier molecular flexibility index (Phi) is 6.14. The first kappa shape index (κ1) is 21.8. The molecular weight excluding hydrogens is 421 g/mol. The van der Waals surface area contributed by atoms with Crippen LogP contribution in [0, 0.1) is 17.2 Å². The van der Waals surface area contributed by atoms with Gasteiger partial charge in [0.2, 0.25) is 10.0 Å². The number of ether oxygens (including phenoxy) is 1. The van der Waals surface area contributed by atoms with Gasteiger partial charge in [0.05, 0.1) is 28.0 Å². The minimum Gasteiger partial charge on any atom is -0.426 e. The molecule has 0 saturated carbocycles. The Morgan fingerprint density at radius 1 is 1.07 bits per heavy atom. The molecule has 2 aromatic carbocycles. The highest BCUT2D eigenvalue weighted by Crippen LogP contribution is 2.36. The first-order chi connectivity index (χ1) is 14.1. The molecule has 0 bridgehead atoms. The maximum atomic E-state index is 13.2.